The lowest BCUT2D eigenvalue weighted by Crippen LogP contribution is -2.29. The van der Waals surface area contributed by atoms with Gasteiger partial charge in [0.05, 0.1) is 0 Å². The van der Waals surface area contributed by atoms with Crippen LogP contribution < -0.4 is 5.46 Å². The first kappa shape index (κ1) is 19.5. The highest BCUT2D eigenvalue weighted by molar-refractivity contribution is 6.59. The molecule has 0 aromatic heterocycles. The van der Waals surface area contributed by atoms with E-state index in [1.165, 1.54) is 54.9 Å². The first-order chi connectivity index (χ1) is 16.7. The van der Waals surface area contributed by atoms with E-state index >= 15 is 0 Å². The van der Waals surface area contributed by atoms with Gasteiger partial charge >= 0.3 is 7.12 Å². The van der Waals surface area contributed by atoms with Crippen LogP contribution in [0.2, 0.25) is 0 Å². The molecule has 6 aromatic rings. The lowest BCUT2D eigenvalue weighted by molar-refractivity contribution is 0.426. The molecule has 0 bridgehead atoms. The summed E-state index contributed by atoms with van der Waals surface area (Å²) in [5.74, 6) is 0. The van der Waals surface area contributed by atoms with Gasteiger partial charge in [0.15, 0.2) is 0 Å². The molecule has 2 nitrogen and oxygen atoms in total. The van der Waals surface area contributed by atoms with Gasteiger partial charge < -0.3 is 10.0 Å². The van der Waals surface area contributed by atoms with Crippen LogP contribution in [-0.4, -0.2) is 17.2 Å². The maximum absolute atomic E-state index is 9.85. The van der Waals surface area contributed by atoms with Gasteiger partial charge in [-0.05, 0) is 83.6 Å². The quantitative estimate of drug-likeness (QED) is 0.255. The van der Waals surface area contributed by atoms with Crippen LogP contribution in [-0.2, 0) is 6.42 Å². The van der Waals surface area contributed by atoms with Gasteiger partial charge in [-0.2, -0.15) is 0 Å². The molecular formula is C31H21BO2. The number of fused-ring (bicyclic) bond motifs is 9. The molecule has 2 N–H and O–H groups in total. The van der Waals surface area contributed by atoms with Gasteiger partial charge in [-0.1, -0.05) is 97.1 Å². The Labute approximate surface area is 197 Å². The fourth-order valence-electron chi connectivity index (χ4n) is 5.73. The van der Waals surface area contributed by atoms with E-state index in [-0.39, 0.29) is 0 Å². The minimum Gasteiger partial charge on any atom is -0.423 e. The SMILES string of the molecule is OB(O)c1ccc2c(c1)c1c(c3c(-c4ccc5ccccc5c4)cccc32)-c2ccccc2C1. The fraction of sp³-hybridized carbons (Fsp3) is 0.0323. The maximum atomic E-state index is 9.85. The van der Waals surface area contributed by atoms with Crippen LogP contribution in [0.15, 0.2) is 103 Å². The van der Waals surface area contributed by atoms with Crippen molar-refractivity contribution >= 4 is 44.9 Å². The summed E-state index contributed by atoms with van der Waals surface area (Å²) in [5.41, 5.74) is 8.07. The van der Waals surface area contributed by atoms with Gasteiger partial charge in [0.2, 0.25) is 0 Å². The molecule has 0 heterocycles. The Morgan fingerprint density at radius 3 is 2.26 bits per heavy atom. The summed E-state index contributed by atoms with van der Waals surface area (Å²) in [7, 11) is -1.48. The molecule has 0 unspecified atom stereocenters. The Balaban J connectivity index is 1.64. The molecule has 34 heavy (non-hydrogen) atoms. The summed E-state index contributed by atoms with van der Waals surface area (Å²) in [5, 5.41) is 26.9. The van der Waals surface area contributed by atoms with Crippen molar-refractivity contribution < 1.29 is 10.0 Å². The minimum absolute atomic E-state index is 0.524. The summed E-state index contributed by atoms with van der Waals surface area (Å²) >= 11 is 0. The third-order valence-corrected chi connectivity index (χ3v) is 7.29. The number of hydrogen-bond acceptors (Lipinski definition) is 2. The fourth-order valence-corrected chi connectivity index (χ4v) is 5.73. The average molecular weight is 436 g/mol. The first-order valence-electron chi connectivity index (χ1n) is 11.6. The van der Waals surface area contributed by atoms with E-state index in [2.05, 4.69) is 84.9 Å². The third-order valence-electron chi connectivity index (χ3n) is 7.29. The molecule has 0 saturated heterocycles. The van der Waals surface area contributed by atoms with Crippen LogP contribution in [0, 0.1) is 0 Å². The summed E-state index contributed by atoms with van der Waals surface area (Å²) < 4.78 is 0. The van der Waals surface area contributed by atoms with E-state index in [4.69, 9.17) is 0 Å². The van der Waals surface area contributed by atoms with Crippen LogP contribution in [0.3, 0.4) is 0 Å². The Bertz CT molecular complexity index is 1770. The Morgan fingerprint density at radius 1 is 0.588 bits per heavy atom. The monoisotopic (exact) mass is 436 g/mol. The van der Waals surface area contributed by atoms with Gasteiger partial charge in [-0.25, -0.2) is 0 Å². The molecule has 0 spiro atoms. The zero-order valence-electron chi connectivity index (χ0n) is 18.5. The van der Waals surface area contributed by atoms with E-state index in [0.29, 0.717) is 5.46 Å². The predicted octanol–water partition coefficient (Wildman–Crippen LogP) is 6.06. The molecule has 0 saturated carbocycles. The highest BCUT2D eigenvalue weighted by atomic mass is 16.4. The molecule has 1 aliphatic rings. The highest BCUT2D eigenvalue weighted by Gasteiger charge is 2.26. The van der Waals surface area contributed by atoms with Gasteiger partial charge in [-0.3, -0.25) is 0 Å². The second kappa shape index (κ2) is 7.29. The Kier molecular flexibility index (Phi) is 4.19. The van der Waals surface area contributed by atoms with Crippen molar-refractivity contribution in [3.63, 3.8) is 0 Å². The molecule has 0 aliphatic heterocycles. The van der Waals surface area contributed by atoms with E-state index in [1.807, 2.05) is 18.2 Å². The van der Waals surface area contributed by atoms with Gasteiger partial charge in [-0.15, -0.1) is 0 Å². The number of rotatable bonds is 2. The second-order valence-corrected chi connectivity index (χ2v) is 9.16. The van der Waals surface area contributed by atoms with Crippen LogP contribution >= 0.6 is 0 Å². The van der Waals surface area contributed by atoms with Crippen molar-refractivity contribution in [1.82, 2.24) is 0 Å². The van der Waals surface area contributed by atoms with Crippen molar-refractivity contribution in [3.8, 4) is 22.3 Å². The molecular weight excluding hydrogens is 415 g/mol. The highest BCUT2D eigenvalue weighted by Crippen LogP contribution is 2.48. The molecule has 6 aromatic carbocycles. The van der Waals surface area contributed by atoms with Crippen LogP contribution in [0.4, 0.5) is 0 Å². The molecule has 0 atom stereocenters. The maximum Gasteiger partial charge on any atom is 0.488 e. The van der Waals surface area contributed by atoms with Gasteiger partial charge in [0.1, 0.15) is 0 Å². The third kappa shape index (κ3) is 2.78. The van der Waals surface area contributed by atoms with E-state index in [0.717, 1.165) is 17.2 Å². The van der Waals surface area contributed by atoms with Crippen LogP contribution in [0.25, 0.3) is 54.6 Å². The van der Waals surface area contributed by atoms with E-state index < -0.39 is 7.12 Å². The summed E-state index contributed by atoms with van der Waals surface area (Å²) in [4.78, 5) is 0. The molecule has 3 heteroatoms. The zero-order valence-corrected chi connectivity index (χ0v) is 18.5. The Morgan fingerprint density at radius 2 is 1.38 bits per heavy atom. The van der Waals surface area contributed by atoms with Gasteiger partial charge in [0, 0.05) is 0 Å². The minimum atomic E-state index is -1.48. The molecule has 160 valence electrons. The predicted molar refractivity (Wildman–Crippen MR) is 142 cm³/mol. The smallest absolute Gasteiger partial charge is 0.423 e. The molecule has 0 amide bonds. The Hall–Kier alpha value is -3.92. The lowest BCUT2D eigenvalue weighted by atomic mass is 9.77. The summed E-state index contributed by atoms with van der Waals surface area (Å²) in [6.45, 7) is 0. The summed E-state index contributed by atoms with van der Waals surface area (Å²) in [6, 6.07) is 36.2. The largest absolute Gasteiger partial charge is 0.488 e. The van der Waals surface area contributed by atoms with Crippen LogP contribution in [0.5, 0.6) is 0 Å². The zero-order chi connectivity index (χ0) is 22.8. The van der Waals surface area contributed by atoms with E-state index in [1.54, 1.807) is 0 Å². The van der Waals surface area contributed by atoms with Crippen molar-refractivity contribution in [1.29, 1.82) is 0 Å². The van der Waals surface area contributed by atoms with E-state index in [9.17, 15) is 10.0 Å². The van der Waals surface area contributed by atoms with Crippen molar-refractivity contribution in [2.45, 2.75) is 6.42 Å². The average Bonchev–Trinajstić information content (AvgIpc) is 3.28. The second-order valence-electron chi connectivity index (χ2n) is 9.16. The first-order valence-corrected chi connectivity index (χ1v) is 11.6. The van der Waals surface area contributed by atoms with Crippen molar-refractivity contribution in [3.05, 3.63) is 114 Å². The standard InChI is InChI=1S/C31H21BO2/c33-32(34)23-14-15-26-27-11-5-10-25(22-13-12-19-6-1-2-7-20(19)16-22)30(27)31-24-9-4-3-8-21(24)17-29(31)28(26)18-23/h1-16,18,33-34H,17H2. The van der Waals surface area contributed by atoms with Crippen molar-refractivity contribution in [2.24, 2.45) is 0 Å². The van der Waals surface area contributed by atoms with Crippen LogP contribution in [0.1, 0.15) is 11.1 Å². The van der Waals surface area contributed by atoms with Crippen molar-refractivity contribution in [2.75, 3.05) is 0 Å². The normalized spacial score (nSPS) is 12.3. The summed E-state index contributed by atoms with van der Waals surface area (Å²) in [6.07, 6.45) is 0.842. The van der Waals surface area contributed by atoms with Gasteiger partial charge in [0.25, 0.3) is 0 Å². The molecule has 0 fully saturated rings. The molecule has 0 radical (unpaired) electrons. The number of hydrogen-bond donors (Lipinski definition) is 2. The number of benzene rings is 6. The topological polar surface area (TPSA) is 40.5 Å². The molecule has 7 rings (SSSR count). The lowest BCUT2D eigenvalue weighted by Gasteiger charge is -2.17. The molecule has 1 aliphatic carbocycles.